The number of benzene rings is 2. The third-order valence-corrected chi connectivity index (χ3v) is 3.48. The molecule has 116 valence electrons. The highest BCUT2D eigenvalue weighted by atomic mass is 35.5. The molecule has 0 saturated heterocycles. The van der Waals surface area contributed by atoms with Crippen molar-refractivity contribution in [1.29, 1.82) is 0 Å². The van der Waals surface area contributed by atoms with Gasteiger partial charge in [0.15, 0.2) is 5.15 Å². The first-order chi connectivity index (χ1) is 11.3. The quantitative estimate of drug-likeness (QED) is 0.697. The number of para-hydroxylation sites is 1. The molecule has 0 atom stereocenters. The van der Waals surface area contributed by atoms with Crippen molar-refractivity contribution in [3.8, 4) is 11.6 Å². The molecular formula is C18H15ClN2O2. The van der Waals surface area contributed by atoms with Gasteiger partial charge in [-0.2, -0.15) is 0 Å². The van der Waals surface area contributed by atoms with Gasteiger partial charge in [-0.25, -0.2) is 9.97 Å². The van der Waals surface area contributed by atoms with Crippen LogP contribution in [-0.2, 0) is 0 Å². The Labute approximate surface area is 139 Å². The lowest BCUT2D eigenvalue weighted by atomic mass is 10.2. The van der Waals surface area contributed by atoms with Crippen LogP contribution in [-0.4, -0.2) is 23.7 Å². The Morgan fingerprint density at radius 1 is 1.04 bits per heavy atom. The highest BCUT2D eigenvalue weighted by Gasteiger charge is 2.10. The van der Waals surface area contributed by atoms with E-state index < -0.39 is 0 Å². The van der Waals surface area contributed by atoms with Crippen LogP contribution in [0.3, 0.4) is 0 Å². The Hall–Kier alpha value is -2.59. The summed E-state index contributed by atoms with van der Waals surface area (Å²) in [6.45, 7) is 0.360. The second-order valence-corrected chi connectivity index (χ2v) is 5.13. The van der Waals surface area contributed by atoms with Crippen LogP contribution >= 0.6 is 11.6 Å². The van der Waals surface area contributed by atoms with Gasteiger partial charge in [-0.3, -0.25) is 0 Å². The van der Waals surface area contributed by atoms with E-state index in [2.05, 4.69) is 9.97 Å². The second-order valence-electron chi connectivity index (χ2n) is 4.77. The van der Waals surface area contributed by atoms with Crippen molar-refractivity contribution in [3.63, 3.8) is 0 Å². The number of fused-ring (bicyclic) bond motifs is 1. The average Bonchev–Trinajstić information content (AvgIpc) is 2.59. The molecule has 0 bridgehead atoms. The Morgan fingerprint density at radius 2 is 1.87 bits per heavy atom. The fraction of sp³-hybridized carbons (Fsp3) is 0.111. The lowest BCUT2D eigenvalue weighted by Crippen LogP contribution is -1.99. The number of aromatic nitrogens is 2. The summed E-state index contributed by atoms with van der Waals surface area (Å²) >= 11 is 6.15. The highest BCUT2D eigenvalue weighted by Crippen LogP contribution is 2.28. The summed E-state index contributed by atoms with van der Waals surface area (Å²) in [6, 6.07) is 15.5. The maximum Gasteiger partial charge on any atom is 0.253 e. The van der Waals surface area contributed by atoms with E-state index in [1.807, 2.05) is 60.7 Å². The standard InChI is InChI=1S/C18H15ClN2O2/c1-22-15-11-5-10-14-16(15)21-17(19)18(20-14)23-12-6-9-13-7-3-2-4-8-13/h2-11H,12H2,1H3/b9-6+. The van der Waals surface area contributed by atoms with Gasteiger partial charge in [0.2, 0.25) is 0 Å². The topological polar surface area (TPSA) is 44.2 Å². The first kappa shape index (κ1) is 15.3. The van der Waals surface area contributed by atoms with Crippen molar-refractivity contribution >= 4 is 28.7 Å². The van der Waals surface area contributed by atoms with Crippen LogP contribution < -0.4 is 9.47 Å². The zero-order chi connectivity index (χ0) is 16.1. The predicted molar refractivity (Wildman–Crippen MR) is 92.1 cm³/mol. The van der Waals surface area contributed by atoms with Gasteiger partial charge in [-0.15, -0.1) is 0 Å². The number of hydrogen-bond donors (Lipinski definition) is 0. The van der Waals surface area contributed by atoms with Gasteiger partial charge in [0.1, 0.15) is 17.9 Å². The minimum Gasteiger partial charge on any atom is -0.494 e. The van der Waals surface area contributed by atoms with E-state index in [4.69, 9.17) is 21.1 Å². The van der Waals surface area contributed by atoms with Crippen molar-refractivity contribution in [2.24, 2.45) is 0 Å². The summed E-state index contributed by atoms with van der Waals surface area (Å²) in [4.78, 5) is 8.71. The van der Waals surface area contributed by atoms with Gasteiger partial charge in [0.05, 0.1) is 12.6 Å². The molecule has 4 nitrogen and oxygen atoms in total. The number of halogens is 1. The third kappa shape index (κ3) is 3.60. The molecule has 0 aliphatic rings. The number of hydrogen-bond acceptors (Lipinski definition) is 4. The molecule has 1 heterocycles. The minimum absolute atomic E-state index is 0.218. The molecule has 0 aliphatic carbocycles. The zero-order valence-electron chi connectivity index (χ0n) is 12.6. The first-order valence-corrected chi connectivity index (χ1v) is 7.50. The van der Waals surface area contributed by atoms with Crippen molar-refractivity contribution in [3.05, 3.63) is 65.3 Å². The molecule has 0 spiro atoms. The maximum atomic E-state index is 6.15. The average molecular weight is 327 g/mol. The minimum atomic E-state index is 0.218. The Kier molecular flexibility index (Phi) is 4.74. The van der Waals surface area contributed by atoms with Crippen LogP contribution in [0.25, 0.3) is 17.1 Å². The summed E-state index contributed by atoms with van der Waals surface area (Å²) in [6.07, 6.45) is 3.88. The molecule has 0 unspecified atom stereocenters. The van der Waals surface area contributed by atoms with Crippen LogP contribution in [0.1, 0.15) is 5.56 Å². The van der Waals surface area contributed by atoms with Crippen molar-refractivity contribution < 1.29 is 9.47 Å². The van der Waals surface area contributed by atoms with E-state index in [0.717, 1.165) is 5.56 Å². The van der Waals surface area contributed by atoms with E-state index in [0.29, 0.717) is 29.3 Å². The van der Waals surface area contributed by atoms with Crippen LogP contribution in [0.15, 0.2) is 54.6 Å². The molecule has 5 heteroatoms. The van der Waals surface area contributed by atoms with Crippen molar-refractivity contribution in [2.75, 3.05) is 13.7 Å². The third-order valence-electron chi connectivity index (χ3n) is 3.23. The summed E-state index contributed by atoms with van der Waals surface area (Å²) < 4.78 is 10.9. The van der Waals surface area contributed by atoms with Gasteiger partial charge in [0, 0.05) is 0 Å². The van der Waals surface area contributed by atoms with Gasteiger partial charge < -0.3 is 9.47 Å². The van der Waals surface area contributed by atoms with Crippen LogP contribution in [0.4, 0.5) is 0 Å². The monoisotopic (exact) mass is 326 g/mol. The number of rotatable bonds is 5. The highest BCUT2D eigenvalue weighted by molar-refractivity contribution is 6.31. The fourth-order valence-corrected chi connectivity index (χ4v) is 2.33. The molecule has 0 aliphatic heterocycles. The predicted octanol–water partition coefficient (Wildman–Crippen LogP) is 4.38. The molecule has 3 aromatic rings. The smallest absolute Gasteiger partial charge is 0.253 e. The summed E-state index contributed by atoms with van der Waals surface area (Å²) in [5.74, 6) is 0.942. The lowest BCUT2D eigenvalue weighted by Gasteiger charge is -2.08. The second kappa shape index (κ2) is 7.11. The van der Waals surface area contributed by atoms with Gasteiger partial charge >= 0.3 is 0 Å². The van der Waals surface area contributed by atoms with Crippen LogP contribution in [0.5, 0.6) is 11.6 Å². The van der Waals surface area contributed by atoms with Crippen LogP contribution in [0, 0.1) is 0 Å². The van der Waals surface area contributed by atoms with E-state index in [-0.39, 0.29) is 5.15 Å². The lowest BCUT2D eigenvalue weighted by molar-refractivity contribution is 0.349. The molecule has 1 aromatic heterocycles. The summed E-state index contributed by atoms with van der Waals surface area (Å²) in [5, 5.41) is 0.218. The Bertz CT molecular complexity index is 835. The molecule has 0 radical (unpaired) electrons. The van der Waals surface area contributed by atoms with Gasteiger partial charge in [-0.05, 0) is 23.8 Å². The molecule has 0 fully saturated rings. The SMILES string of the molecule is COc1cccc2nc(OC/C=C/c3ccccc3)c(Cl)nc12. The molecule has 0 N–H and O–H groups in total. The maximum absolute atomic E-state index is 6.15. The summed E-state index contributed by atoms with van der Waals surface area (Å²) in [5.41, 5.74) is 2.40. The Balaban J connectivity index is 1.75. The number of methoxy groups -OCH3 is 1. The van der Waals surface area contributed by atoms with E-state index in [1.54, 1.807) is 7.11 Å². The number of nitrogens with zero attached hydrogens (tertiary/aromatic N) is 2. The largest absolute Gasteiger partial charge is 0.494 e. The van der Waals surface area contributed by atoms with Gasteiger partial charge in [-0.1, -0.05) is 54.1 Å². The Morgan fingerprint density at radius 3 is 2.65 bits per heavy atom. The molecular weight excluding hydrogens is 312 g/mol. The van der Waals surface area contributed by atoms with Crippen molar-refractivity contribution in [2.45, 2.75) is 0 Å². The molecule has 2 aromatic carbocycles. The first-order valence-electron chi connectivity index (χ1n) is 7.12. The zero-order valence-corrected chi connectivity index (χ0v) is 13.3. The molecule has 3 rings (SSSR count). The van der Waals surface area contributed by atoms with E-state index in [1.165, 1.54) is 0 Å². The normalized spacial score (nSPS) is 11.0. The molecule has 23 heavy (non-hydrogen) atoms. The molecule has 0 saturated carbocycles. The summed E-state index contributed by atoms with van der Waals surface area (Å²) in [7, 11) is 1.59. The van der Waals surface area contributed by atoms with Crippen LogP contribution in [0.2, 0.25) is 5.15 Å². The number of ether oxygens (including phenoxy) is 2. The van der Waals surface area contributed by atoms with E-state index in [9.17, 15) is 0 Å². The van der Waals surface area contributed by atoms with Gasteiger partial charge in [0.25, 0.3) is 5.88 Å². The van der Waals surface area contributed by atoms with Crippen molar-refractivity contribution in [1.82, 2.24) is 9.97 Å². The molecule has 0 amide bonds. The fourth-order valence-electron chi connectivity index (χ4n) is 2.15. The van der Waals surface area contributed by atoms with E-state index >= 15 is 0 Å².